The molecule has 0 bridgehead atoms. The number of aromatic nitrogens is 1. The average molecular weight is 223 g/mol. The van der Waals surface area contributed by atoms with E-state index in [9.17, 15) is 4.79 Å². The van der Waals surface area contributed by atoms with Crippen LogP contribution in [0, 0.1) is 6.92 Å². The molecular formula is C11H17N3O2. The van der Waals surface area contributed by atoms with Crippen LogP contribution in [0.3, 0.4) is 0 Å². The quantitative estimate of drug-likeness (QED) is 0.775. The maximum atomic E-state index is 11.6. The number of carbonyl (C=O) groups excluding carboxylic acids is 1. The molecule has 0 aliphatic carbocycles. The smallest absolute Gasteiger partial charge is 0.226 e. The van der Waals surface area contributed by atoms with Crippen molar-refractivity contribution in [3.8, 4) is 0 Å². The molecule has 5 heteroatoms. The minimum Gasteiger partial charge on any atom is -0.361 e. The molecule has 1 unspecified atom stereocenters. The number of aryl methyl sites for hydroxylation is 1. The number of nitrogens with one attached hydrogen (secondary N) is 2. The van der Waals surface area contributed by atoms with Crippen LogP contribution in [0.2, 0.25) is 0 Å². The Hall–Kier alpha value is -1.36. The first-order chi connectivity index (χ1) is 7.74. The highest BCUT2D eigenvalue weighted by Crippen LogP contribution is 2.04. The average Bonchev–Trinajstić information content (AvgIpc) is 2.87. The van der Waals surface area contributed by atoms with Gasteiger partial charge in [-0.2, -0.15) is 0 Å². The third-order valence-electron chi connectivity index (χ3n) is 2.73. The van der Waals surface area contributed by atoms with Crippen LogP contribution in [0.4, 0.5) is 0 Å². The van der Waals surface area contributed by atoms with Crippen molar-refractivity contribution in [1.29, 1.82) is 0 Å². The molecule has 5 nitrogen and oxygen atoms in total. The van der Waals surface area contributed by atoms with Crippen molar-refractivity contribution in [2.75, 3.05) is 13.1 Å². The molecule has 2 N–H and O–H groups in total. The van der Waals surface area contributed by atoms with E-state index in [2.05, 4.69) is 15.8 Å². The van der Waals surface area contributed by atoms with Gasteiger partial charge < -0.3 is 15.2 Å². The van der Waals surface area contributed by atoms with Crippen molar-refractivity contribution >= 4 is 5.91 Å². The highest BCUT2D eigenvalue weighted by molar-refractivity contribution is 5.78. The summed E-state index contributed by atoms with van der Waals surface area (Å²) in [7, 11) is 0. The van der Waals surface area contributed by atoms with Gasteiger partial charge in [-0.25, -0.2) is 0 Å². The second kappa shape index (κ2) is 5.12. The highest BCUT2D eigenvalue weighted by Gasteiger charge is 2.15. The fraction of sp³-hybridized carbons (Fsp3) is 0.636. The van der Waals surface area contributed by atoms with Crippen molar-refractivity contribution in [3.05, 3.63) is 17.5 Å². The van der Waals surface area contributed by atoms with Gasteiger partial charge in [0.1, 0.15) is 5.76 Å². The van der Waals surface area contributed by atoms with Crippen LogP contribution < -0.4 is 10.6 Å². The first-order valence-corrected chi connectivity index (χ1v) is 5.66. The van der Waals surface area contributed by atoms with Crippen LogP contribution in [0.5, 0.6) is 0 Å². The van der Waals surface area contributed by atoms with Gasteiger partial charge in [0.25, 0.3) is 0 Å². The SMILES string of the molecule is Cc1cc(CC(=O)NCC2CCCN2)no1. The maximum absolute atomic E-state index is 11.6. The number of hydrogen-bond donors (Lipinski definition) is 2. The van der Waals surface area contributed by atoms with Gasteiger partial charge in [0.2, 0.25) is 5.91 Å². The summed E-state index contributed by atoms with van der Waals surface area (Å²) in [4.78, 5) is 11.6. The molecule has 1 saturated heterocycles. The first-order valence-electron chi connectivity index (χ1n) is 5.66. The molecule has 0 radical (unpaired) electrons. The normalized spacial score (nSPS) is 19.9. The zero-order valence-electron chi connectivity index (χ0n) is 9.45. The molecule has 1 aromatic rings. The predicted molar refractivity (Wildman–Crippen MR) is 59.0 cm³/mol. The topological polar surface area (TPSA) is 67.2 Å². The Morgan fingerprint density at radius 3 is 3.25 bits per heavy atom. The zero-order valence-corrected chi connectivity index (χ0v) is 9.45. The lowest BCUT2D eigenvalue weighted by Gasteiger charge is -2.10. The van der Waals surface area contributed by atoms with E-state index < -0.39 is 0 Å². The van der Waals surface area contributed by atoms with E-state index in [1.54, 1.807) is 6.07 Å². The standard InChI is InChI=1S/C11H17N3O2/c1-8-5-10(14-16-8)6-11(15)13-7-9-3-2-4-12-9/h5,9,12H,2-4,6-7H2,1H3,(H,13,15). The summed E-state index contributed by atoms with van der Waals surface area (Å²) in [5.41, 5.74) is 0.689. The summed E-state index contributed by atoms with van der Waals surface area (Å²) < 4.78 is 4.90. The highest BCUT2D eigenvalue weighted by atomic mass is 16.5. The van der Waals surface area contributed by atoms with E-state index in [-0.39, 0.29) is 5.91 Å². The molecule has 2 heterocycles. The lowest BCUT2D eigenvalue weighted by atomic mass is 10.2. The predicted octanol–water partition coefficient (Wildman–Crippen LogP) is 0.394. The lowest BCUT2D eigenvalue weighted by molar-refractivity contribution is -0.120. The molecule has 0 aromatic carbocycles. The van der Waals surface area contributed by atoms with Crippen LogP contribution in [-0.2, 0) is 11.2 Å². The van der Waals surface area contributed by atoms with Crippen molar-refractivity contribution in [1.82, 2.24) is 15.8 Å². The summed E-state index contributed by atoms with van der Waals surface area (Å²) in [5, 5.41) is 10.0. The third kappa shape index (κ3) is 3.06. The molecule has 88 valence electrons. The number of nitrogens with zero attached hydrogens (tertiary/aromatic N) is 1. The van der Waals surface area contributed by atoms with Gasteiger partial charge in [0.15, 0.2) is 0 Å². The van der Waals surface area contributed by atoms with E-state index in [0.717, 1.165) is 18.7 Å². The Morgan fingerprint density at radius 1 is 1.75 bits per heavy atom. The van der Waals surface area contributed by atoms with Crippen LogP contribution in [0.15, 0.2) is 10.6 Å². The molecule has 2 rings (SSSR count). The summed E-state index contributed by atoms with van der Waals surface area (Å²) in [6.45, 7) is 3.58. The summed E-state index contributed by atoms with van der Waals surface area (Å²) in [6, 6.07) is 2.22. The molecule has 1 aromatic heterocycles. The fourth-order valence-electron chi connectivity index (χ4n) is 1.90. The van der Waals surface area contributed by atoms with Gasteiger partial charge in [0.05, 0.1) is 12.1 Å². The lowest BCUT2D eigenvalue weighted by Crippen LogP contribution is -2.37. The van der Waals surface area contributed by atoms with Crippen molar-refractivity contribution in [2.45, 2.75) is 32.2 Å². The Labute approximate surface area is 94.6 Å². The first kappa shape index (κ1) is 11.1. The fourth-order valence-corrected chi connectivity index (χ4v) is 1.90. The van der Waals surface area contributed by atoms with Crippen LogP contribution in [0.1, 0.15) is 24.3 Å². The molecule has 0 spiro atoms. The van der Waals surface area contributed by atoms with Crippen molar-refractivity contribution in [3.63, 3.8) is 0 Å². The van der Waals surface area contributed by atoms with Crippen LogP contribution in [-0.4, -0.2) is 30.2 Å². The third-order valence-corrected chi connectivity index (χ3v) is 2.73. The zero-order chi connectivity index (χ0) is 11.4. The summed E-state index contributed by atoms with van der Waals surface area (Å²) >= 11 is 0. The van der Waals surface area contributed by atoms with E-state index in [4.69, 9.17) is 4.52 Å². The molecule has 1 aliphatic rings. The minimum atomic E-state index is 0.00185. The van der Waals surface area contributed by atoms with Gasteiger partial charge in [-0.3, -0.25) is 4.79 Å². The number of carbonyl (C=O) groups is 1. The summed E-state index contributed by atoms with van der Waals surface area (Å²) in [6.07, 6.45) is 2.64. The number of amides is 1. The van der Waals surface area contributed by atoms with Crippen LogP contribution >= 0.6 is 0 Å². The monoisotopic (exact) mass is 223 g/mol. The van der Waals surface area contributed by atoms with Crippen molar-refractivity contribution < 1.29 is 9.32 Å². The molecular weight excluding hydrogens is 206 g/mol. The number of hydrogen-bond acceptors (Lipinski definition) is 4. The Balaban J connectivity index is 1.71. The summed E-state index contributed by atoms with van der Waals surface area (Å²) in [5.74, 6) is 0.738. The van der Waals surface area contributed by atoms with E-state index >= 15 is 0 Å². The van der Waals surface area contributed by atoms with Gasteiger partial charge in [-0.05, 0) is 26.3 Å². The van der Waals surface area contributed by atoms with E-state index in [1.807, 2.05) is 6.92 Å². The maximum Gasteiger partial charge on any atom is 0.226 e. The molecule has 0 saturated carbocycles. The Kier molecular flexibility index (Phi) is 3.56. The Morgan fingerprint density at radius 2 is 2.62 bits per heavy atom. The molecule has 16 heavy (non-hydrogen) atoms. The number of rotatable bonds is 4. The molecule has 1 aliphatic heterocycles. The van der Waals surface area contributed by atoms with E-state index in [0.29, 0.717) is 24.7 Å². The second-order valence-electron chi connectivity index (χ2n) is 4.20. The van der Waals surface area contributed by atoms with E-state index in [1.165, 1.54) is 6.42 Å². The van der Waals surface area contributed by atoms with Crippen LogP contribution in [0.25, 0.3) is 0 Å². The van der Waals surface area contributed by atoms with Crippen molar-refractivity contribution in [2.24, 2.45) is 0 Å². The molecule has 1 atom stereocenters. The second-order valence-corrected chi connectivity index (χ2v) is 4.20. The largest absolute Gasteiger partial charge is 0.361 e. The minimum absolute atomic E-state index is 0.00185. The van der Waals surface area contributed by atoms with Gasteiger partial charge in [-0.15, -0.1) is 0 Å². The van der Waals surface area contributed by atoms with Gasteiger partial charge in [0, 0.05) is 18.7 Å². The molecule has 1 amide bonds. The Bertz CT molecular complexity index is 356. The van der Waals surface area contributed by atoms with Gasteiger partial charge >= 0.3 is 0 Å². The molecule has 1 fully saturated rings. The van der Waals surface area contributed by atoms with Gasteiger partial charge in [-0.1, -0.05) is 5.16 Å².